The van der Waals surface area contributed by atoms with E-state index in [4.69, 9.17) is 16.0 Å². The molecule has 2 amide bonds. The summed E-state index contributed by atoms with van der Waals surface area (Å²) in [5.74, 6) is 0.686. The standard InChI is InChI=1S/C17H18ClN3O3/c1-11-6-7-13(24-11)10-19-21-17(23)9-8-16(22)20-15-5-3-4-14(18)12(15)2/h3-7,10H,8-9H2,1-2H3,(H,20,22)(H,21,23). The molecule has 0 radical (unpaired) electrons. The van der Waals surface area contributed by atoms with Crippen LogP contribution in [0.5, 0.6) is 0 Å². The molecule has 0 aliphatic carbocycles. The van der Waals surface area contributed by atoms with Crippen LogP contribution in [-0.2, 0) is 9.59 Å². The average molecular weight is 348 g/mol. The van der Waals surface area contributed by atoms with E-state index in [1.54, 1.807) is 30.3 Å². The Kier molecular flexibility index (Phi) is 6.14. The van der Waals surface area contributed by atoms with Gasteiger partial charge < -0.3 is 9.73 Å². The van der Waals surface area contributed by atoms with E-state index in [0.29, 0.717) is 16.5 Å². The van der Waals surface area contributed by atoms with Crippen LogP contribution in [0.1, 0.15) is 29.9 Å². The van der Waals surface area contributed by atoms with Gasteiger partial charge in [0.1, 0.15) is 11.5 Å². The Morgan fingerprint density at radius 2 is 1.92 bits per heavy atom. The van der Waals surface area contributed by atoms with Crippen molar-refractivity contribution in [2.24, 2.45) is 5.10 Å². The third kappa shape index (κ3) is 5.24. The SMILES string of the molecule is Cc1ccc(C=NNC(=O)CCC(=O)Nc2cccc(Cl)c2C)o1. The average Bonchev–Trinajstić information content (AvgIpc) is 2.95. The van der Waals surface area contributed by atoms with Gasteiger partial charge in [-0.05, 0) is 43.7 Å². The molecule has 0 fully saturated rings. The monoisotopic (exact) mass is 347 g/mol. The van der Waals surface area contributed by atoms with Gasteiger partial charge in [-0.3, -0.25) is 9.59 Å². The van der Waals surface area contributed by atoms with E-state index in [2.05, 4.69) is 15.8 Å². The molecule has 1 aromatic carbocycles. The number of anilines is 1. The fourth-order valence-corrected chi connectivity index (χ4v) is 2.10. The molecule has 0 aliphatic rings. The topological polar surface area (TPSA) is 83.7 Å². The normalized spacial score (nSPS) is 10.8. The molecule has 2 rings (SSSR count). The maximum atomic E-state index is 11.9. The molecule has 126 valence electrons. The number of carbonyl (C=O) groups is 2. The van der Waals surface area contributed by atoms with Gasteiger partial charge in [-0.25, -0.2) is 5.43 Å². The Balaban J connectivity index is 1.76. The summed E-state index contributed by atoms with van der Waals surface area (Å²) in [7, 11) is 0. The van der Waals surface area contributed by atoms with Gasteiger partial charge in [0.25, 0.3) is 0 Å². The van der Waals surface area contributed by atoms with Crippen LogP contribution in [0.3, 0.4) is 0 Å². The number of halogens is 1. The van der Waals surface area contributed by atoms with Crippen LogP contribution in [0, 0.1) is 13.8 Å². The predicted octanol–water partition coefficient (Wildman–Crippen LogP) is 3.42. The molecule has 0 atom stereocenters. The number of benzene rings is 1. The summed E-state index contributed by atoms with van der Waals surface area (Å²) in [6.07, 6.45) is 1.48. The van der Waals surface area contributed by atoms with Gasteiger partial charge in [0.2, 0.25) is 11.8 Å². The van der Waals surface area contributed by atoms with Crippen molar-refractivity contribution < 1.29 is 14.0 Å². The smallest absolute Gasteiger partial charge is 0.240 e. The largest absolute Gasteiger partial charge is 0.460 e. The first-order valence-corrected chi connectivity index (χ1v) is 7.77. The van der Waals surface area contributed by atoms with E-state index in [1.165, 1.54) is 6.21 Å². The second-order valence-electron chi connectivity index (χ2n) is 5.20. The fraction of sp³-hybridized carbons (Fsp3) is 0.235. The molecule has 0 bridgehead atoms. The van der Waals surface area contributed by atoms with Crippen LogP contribution in [0.25, 0.3) is 0 Å². The molecule has 0 spiro atoms. The Bertz CT molecular complexity index is 768. The molecule has 0 saturated carbocycles. The lowest BCUT2D eigenvalue weighted by atomic mass is 10.2. The van der Waals surface area contributed by atoms with E-state index in [1.807, 2.05) is 13.8 Å². The van der Waals surface area contributed by atoms with Crippen molar-refractivity contribution in [3.63, 3.8) is 0 Å². The number of carbonyl (C=O) groups excluding carboxylic acids is 2. The first kappa shape index (κ1) is 17.7. The number of nitrogens with zero attached hydrogens (tertiary/aromatic N) is 1. The Hall–Kier alpha value is -2.60. The molecular weight excluding hydrogens is 330 g/mol. The van der Waals surface area contributed by atoms with Gasteiger partial charge in [0.15, 0.2) is 0 Å². The highest BCUT2D eigenvalue weighted by Crippen LogP contribution is 2.23. The van der Waals surface area contributed by atoms with E-state index < -0.39 is 0 Å². The van der Waals surface area contributed by atoms with Gasteiger partial charge >= 0.3 is 0 Å². The summed E-state index contributed by atoms with van der Waals surface area (Å²) in [6.45, 7) is 3.63. The zero-order valence-electron chi connectivity index (χ0n) is 13.4. The minimum atomic E-state index is -0.354. The van der Waals surface area contributed by atoms with Crippen LogP contribution >= 0.6 is 11.6 Å². The van der Waals surface area contributed by atoms with Crippen molar-refractivity contribution >= 4 is 35.3 Å². The molecule has 6 nitrogen and oxygen atoms in total. The molecule has 1 heterocycles. The van der Waals surface area contributed by atoms with Crippen LogP contribution in [0.4, 0.5) is 5.69 Å². The van der Waals surface area contributed by atoms with Crippen molar-refractivity contribution in [1.82, 2.24) is 5.43 Å². The number of nitrogens with one attached hydrogen (secondary N) is 2. The fourth-order valence-electron chi connectivity index (χ4n) is 1.93. The lowest BCUT2D eigenvalue weighted by Crippen LogP contribution is -2.20. The molecule has 0 saturated heterocycles. The minimum Gasteiger partial charge on any atom is -0.460 e. The predicted molar refractivity (Wildman–Crippen MR) is 93.2 cm³/mol. The molecule has 0 unspecified atom stereocenters. The third-order valence-electron chi connectivity index (χ3n) is 3.26. The van der Waals surface area contributed by atoms with E-state index >= 15 is 0 Å². The van der Waals surface area contributed by atoms with Crippen LogP contribution < -0.4 is 10.7 Å². The van der Waals surface area contributed by atoms with E-state index in [-0.39, 0.29) is 24.7 Å². The van der Waals surface area contributed by atoms with Crippen molar-refractivity contribution in [2.45, 2.75) is 26.7 Å². The highest BCUT2D eigenvalue weighted by Gasteiger charge is 2.09. The number of hydrazone groups is 1. The summed E-state index contributed by atoms with van der Waals surface area (Å²) in [4.78, 5) is 23.6. The molecular formula is C17H18ClN3O3. The molecule has 7 heteroatoms. The second-order valence-corrected chi connectivity index (χ2v) is 5.61. The molecule has 1 aromatic heterocycles. The first-order chi connectivity index (χ1) is 11.5. The van der Waals surface area contributed by atoms with Crippen molar-refractivity contribution in [2.75, 3.05) is 5.32 Å². The minimum absolute atomic E-state index is 0.0277. The number of hydrogen-bond acceptors (Lipinski definition) is 4. The number of rotatable bonds is 6. The quantitative estimate of drug-likeness (QED) is 0.620. The van der Waals surface area contributed by atoms with Gasteiger partial charge in [-0.1, -0.05) is 17.7 Å². The van der Waals surface area contributed by atoms with Crippen molar-refractivity contribution in [1.29, 1.82) is 0 Å². The summed E-state index contributed by atoms with van der Waals surface area (Å²) >= 11 is 6.00. The Labute approximate surface area is 144 Å². The summed E-state index contributed by atoms with van der Waals surface area (Å²) in [5, 5.41) is 7.09. The summed E-state index contributed by atoms with van der Waals surface area (Å²) in [5.41, 5.74) is 3.77. The van der Waals surface area contributed by atoms with Crippen molar-refractivity contribution in [3.8, 4) is 0 Å². The number of hydrogen-bond donors (Lipinski definition) is 2. The molecule has 2 N–H and O–H groups in total. The van der Waals surface area contributed by atoms with E-state index in [0.717, 1.165) is 11.3 Å². The highest BCUT2D eigenvalue weighted by molar-refractivity contribution is 6.31. The van der Waals surface area contributed by atoms with Crippen LogP contribution in [0.2, 0.25) is 5.02 Å². The Morgan fingerprint density at radius 3 is 2.62 bits per heavy atom. The lowest BCUT2D eigenvalue weighted by molar-refractivity contribution is -0.124. The van der Waals surface area contributed by atoms with Crippen LogP contribution in [-0.4, -0.2) is 18.0 Å². The molecule has 24 heavy (non-hydrogen) atoms. The van der Waals surface area contributed by atoms with Gasteiger partial charge in [0.05, 0.1) is 6.21 Å². The summed E-state index contributed by atoms with van der Waals surface area (Å²) < 4.78 is 5.28. The van der Waals surface area contributed by atoms with E-state index in [9.17, 15) is 9.59 Å². The summed E-state index contributed by atoms with van der Waals surface area (Å²) in [6, 6.07) is 8.80. The molecule has 2 aromatic rings. The number of furan rings is 1. The van der Waals surface area contributed by atoms with Gasteiger partial charge in [-0.2, -0.15) is 5.10 Å². The zero-order chi connectivity index (χ0) is 17.5. The number of amides is 2. The highest BCUT2D eigenvalue weighted by atomic mass is 35.5. The lowest BCUT2D eigenvalue weighted by Gasteiger charge is -2.09. The maximum absolute atomic E-state index is 11.9. The van der Waals surface area contributed by atoms with Crippen molar-refractivity contribution in [3.05, 3.63) is 52.4 Å². The van der Waals surface area contributed by atoms with Crippen LogP contribution in [0.15, 0.2) is 39.9 Å². The van der Waals surface area contributed by atoms with Gasteiger partial charge in [-0.15, -0.1) is 0 Å². The number of aryl methyl sites for hydroxylation is 1. The maximum Gasteiger partial charge on any atom is 0.240 e. The first-order valence-electron chi connectivity index (χ1n) is 7.39. The zero-order valence-corrected chi connectivity index (χ0v) is 14.2. The second kappa shape index (κ2) is 8.31. The van der Waals surface area contributed by atoms with Gasteiger partial charge in [0, 0.05) is 23.6 Å². The third-order valence-corrected chi connectivity index (χ3v) is 3.67. The Morgan fingerprint density at radius 1 is 1.17 bits per heavy atom. The molecule has 0 aliphatic heterocycles.